The molecule has 0 fully saturated rings. The van der Waals surface area contributed by atoms with Crippen LogP contribution >= 0.6 is 11.6 Å². The lowest BCUT2D eigenvalue weighted by Crippen LogP contribution is -2.20. The van der Waals surface area contributed by atoms with Crippen LogP contribution in [0.4, 0.5) is 19.1 Å². The van der Waals surface area contributed by atoms with Gasteiger partial charge in [0.1, 0.15) is 12.0 Å². The van der Waals surface area contributed by atoms with Crippen molar-refractivity contribution in [2.45, 2.75) is 38.9 Å². The van der Waals surface area contributed by atoms with E-state index < -0.39 is 23.2 Å². The van der Waals surface area contributed by atoms with Crippen molar-refractivity contribution >= 4 is 29.1 Å². The molecule has 0 aliphatic heterocycles. The number of amides is 1. The van der Waals surface area contributed by atoms with Gasteiger partial charge in [0.15, 0.2) is 11.3 Å². The first-order valence-corrected chi connectivity index (χ1v) is 10.2. The Kier molecular flexibility index (Phi) is 5.61. The van der Waals surface area contributed by atoms with Gasteiger partial charge in [-0.05, 0) is 23.8 Å². The third-order valence-electron chi connectivity index (χ3n) is 4.74. The summed E-state index contributed by atoms with van der Waals surface area (Å²) in [6, 6.07) is 9.29. The summed E-state index contributed by atoms with van der Waals surface area (Å²) in [4.78, 5) is 20.9. The molecule has 0 atom stereocenters. The van der Waals surface area contributed by atoms with Crippen LogP contribution in [-0.2, 0) is 18.1 Å². The van der Waals surface area contributed by atoms with Gasteiger partial charge in [0.25, 0.3) is 5.91 Å². The van der Waals surface area contributed by atoms with Gasteiger partial charge in [-0.1, -0.05) is 44.5 Å². The Bertz CT molecular complexity index is 1320. The molecule has 0 radical (unpaired) electrons. The number of aromatic nitrogens is 6. The Hall–Kier alpha value is -3.47. The van der Waals surface area contributed by atoms with E-state index in [1.807, 2.05) is 12.1 Å². The Labute approximate surface area is 191 Å². The van der Waals surface area contributed by atoms with Crippen molar-refractivity contribution in [1.82, 2.24) is 29.4 Å². The minimum atomic E-state index is -4.68. The SMILES string of the molecule is CC(C)(C)c1cc(C(F)(F)F)n2nc(C(=O)Nc3ncn(Cc4ccc(Cl)cc4)n3)cc2n1. The Balaban J connectivity index is 1.58. The van der Waals surface area contributed by atoms with Crippen LogP contribution < -0.4 is 5.32 Å². The van der Waals surface area contributed by atoms with E-state index in [-0.39, 0.29) is 23.0 Å². The van der Waals surface area contributed by atoms with Gasteiger partial charge >= 0.3 is 6.18 Å². The van der Waals surface area contributed by atoms with E-state index in [0.29, 0.717) is 16.1 Å². The molecule has 3 heterocycles. The summed E-state index contributed by atoms with van der Waals surface area (Å²) < 4.78 is 43.0. The first kappa shape index (κ1) is 22.7. The fraction of sp³-hybridized carbons (Fsp3) is 0.286. The second-order valence-electron chi connectivity index (χ2n) is 8.42. The highest BCUT2D eigenvalue weighted by atomic mass is 35.5. The molecule has 0 spiro atoms. The van der Waals surface area contributed by atoms with Crippen LogP contribution in [0.5, 0.6) is 0 Å². The molecule has 0 saturated carbocycles. The second-order valence-corrected chi connectivity index (χ2v) is 8.86. The first-order valence-electron chi connectivity index (χ1n) is 9.84. The van der Waals surface area contributed by atoms with Crippen LogP contribution in [0.1, 0.15) is 48.2 Å². The van der Waals surface area contributed by atoms with Gasteiger partial charge in [0, 0.05) is 16.5 Å². The highest BCUT2D eigenvalue weighted by Crippen LogP contribution is 2.32. The lowest BCUT2D eigenvalue weighted by atomic mass is 9.91. The van der Waals surface area contributed by atoms with E-state index >= 15 is 0 Å². The number of nitrogens with zero attached hydrogens (tertiary/aromatic N) is 6. The molecule has 0 aliphatic rings. The van der Waals surface area contributed by atoms with Gasteiger partial charge in [-0.3, -0.25) is 10.1 Å². The van der Waals surface area contributed by atoms with Crippen molar-refractivity contribution in [2.75, 3.05) is 5.32 Å². The second kappa shape index (κ2) is 8.14. The molecule has 172 valence electrons. The summed E-state index contributed by atoms with van der Waals surface area (Å²) in [5.74, 6) is -0.763. The quantitative estimate of drug-likeness (QED) is 0.464. The molecular weight excluding hydrogens is 459 g/mol. The molecule has 12 heteroatoms. The number of rotatable bonds is 4. The van der Waals surface area contributed by atoms with Crippen LogP contribution in [-0.4, -0.2) is 35.3 Å². The maximum absolute atomic E-state index is 13.6. The van der Waals surface area contributed by atoms with Crippen molar-refractivity contribution in [3.8, 4) is 0 Å². The standard InChI is InChI=1S/C21H19ClF3N7O/c1-20(2,3)15-9-16(21(23,24)25)32-17(27-15)8-14(29-32)18(33)28-19-26-11-31(30-19)10-12-4-6-13(22)7-5-12/h4-9,11H,10H2,1-3H3,(H,28,30,33). The number of carbonyl (C=O) groups excluding carboxylic acids is 1. The van der Waals surface area contributed by atoms with E-state index in [9.17, 15) is 18.0 Å². The van der Waals surface area contributed by atoms with E-state index in [1.165, 1.54) is 17.1 Å². The molecule has 4 rings (SSSR count). The number of anilines is 1. The number of carbonyl (C=O) groups is 1. The molecule has 1 N–H and O–H groups in total. The molecule has 4 aromatic rings. The van der Waals surface area contributed by atoms with E-state index in [4.69, 9.17) is 11.6 Å². The van der Waals surface area contributed by atoms with Gasteiger partial charge < -0.3 is 0 Å². The fourth-order valence-corrected chi connectivity index (χ4v) is 3.17. The smallest absolute Gasteiger partial charge is 0.288 e. The molecule has 1 aromatic carbocycles. The summed E-state index contributed by atoms with van der Waals surface area (Å²) in [7, 11) is 0. The lowest BCUT2D eigenvalue weighted by Gasteiger charge is -2.19. The maximum Gasteiger partial charge on any atom is 0.433 e. The number of hydrogen-bond acceptors (Lipinski definition) is 5. The van der Waals surface area contributed by atoms with Gasteiger partial charge in [-0.25, -0.2) is 19.2 Å². The van der Waals surface area contributed by atoms with Gasteiger partial charge in [-0.15, -0.1) is 5.10 Å². The number of fused-ring (bicyclic) bond motifs is 1. The van der Waals surface area contributed by atoms with Crippen molar-refractivity contribution < 1.29 is 18.0 Å². The van der Waals surface area contributed by atoms with Gasteiger partial charge in [-0.2, -0.15) is 18.3 Å². The average molecular weight is 478 g/mol. The normalized spacial score (nSPS) is 12.3. The summed E-state index contributed by atoms with van der Waals surface area (Å²) in [5.41, 5.74) is -0.814. The third kappa shape index (κ3) is 4.98. The molecule has 0 aliphatic carbocycles. The zero-order chi connectivity index (χ0) is 24.0. The van der Waals surface area contributed by atoms with Crippen LogP contribution in [0.2, 0.25) is 5.02 Å². The lowest BCUT2D eigenvalue weighted by molar-refractivity contribution is -0.142. The highest BCUT2D eigenvalue weighted by Gasteiger charge is 2.36. The molecule has 1 amide bonds. The number of halogens is 4. The number of nitrogens with one attached hydrogen (secondary N) is 1. The average Bonchev–Trinajstić information content (AvgIpc) is 3.34. The Morgan fingerprint density at radius 1 is 1.09 bits per heavy atom. The number of alkyl halides is 3. The largest absolute Gasteiger partial charge is 0.433 e. The number of benzene rings is 1. The van der Waals surface area contributed by atoms with Crippen LogP contribution in [0, 0.1) is 0 Å². The maximum atomic E-state index is 13.6. The molecule has 0 unspecified atom stereocenters. The van der Waals surface area contributed by atoms with E-state index in [2.05, 4.69) is 25.5 Å². The Morgan fingerprint density at radius 2 is 1.79 bits per heavy atom. The number of hydrogen-bond donors (Lipinski definition) is 1. The van der Waals surface area contributed by atoms with Gasteiger partial charge in [0.05, 0.1) is 12.2 Å². The van der Waals surface area contributed by atoms with E-state index in [1.54, 1.807) is 32.9 Å². The molecular formula is C21H19ClF3N7O. The van der Waals surface area contributed by atoms with Crippen molar-refractivity contribution in [3.05, 3.63) is 70.4 Å². The minimum Gasteiger partial charge on any atom is -0.288 e. The summed E-state index contributed by atoms with van der Waals surface area (Å²) in [6.45, 7) is 5.65. The van der Waals surface area contributed by atoms with Crippen LogP contribution in [0.15, 0.2) is 42.7 Å². The molecule has 0 bridgehead atoms. The Morgan fingerprint density at radius 3 is 2.42 bits per heavy atom. The van der Waals surface area contributed by atoms with Crippen LogP contribution in [0.25, 0.3) is 5.65 Å². The van der Waals surface area contributed by atoms with Crippen LogP contribution in [0.3, 0.4) is 0 Å². The van der Waals surface area contributed by atoms with Crippen molar-refractivity contribution in [2.24, 2.45) is 0 Å². The topological polar surface area (TPSA) is 90.0 Å². The zero-order valence-electron chi connectivity index (χ0n) is 17.9. The predicted molar refractivity (Wildman–Crippen MR) is 115 cm³/mol. The molecule has 0 saturated heterocycles. The molecule has 33 heavy (non-hydrogen) atoms. The van der Waals surface area contributed by atoms with E-state index in [0.717, 1.165) is 11.6 Å². The van der Waals surface area contributed by atoms with Crippen molar-refractivity contribution in [3.63, 3.8) is 0 Å². The monoisotopic (exact) mass is 477 g/mol. The van der Waals surface area contributed by atoms with Gasteiger partial charge in [0.2, 0.25) is 5.95 Å². The first-order chi connectivity index (χ1) is 15.4. The predicted octanol–water partition coefficient (Wildman–Crippen LogP) is 4.59. The zero-order valence-corrected chi connectivity index (χ0v) is 18.6. The van der Waals surface area contributed by atoms with Crippen molar-refractivity contribution in [1.29, 1.82) is 0 Å². The summed E-state index contributed by atoms with van der Waals surface area (Å²) in [6.07, 6.45) is -3.25. The molecule has 8 nitrogen and oxygen atoms in total. The summed E-state index contributed by atoms with van der Waals surface area (Å²) in [5, 5.41) is 11.0. The highest BCUT2D eigenvalue weighted by molar-refractivity contribution is 6.30. The fourth-order valence-electron chi connectivity index (χ4n) is 3.04. The minimum absolute atomic E-state index is 0.00888. The molecule has 3 aromatic heterocycles. The summed E-state index contributed by atoms with van der Waals surface area (Å²) >= 11 is 5.87. The third-order valence-corrected chi connectivity index (χ3v) is 4.99.